The van der Waals surface area contributed by atoms with E-state index in [1.165, 1.54) is 0 Å². The van der Waals surface area contributed by atoms with Gasteiger partial charge in [-0.1, -0.05) is 38.8 Å². The summed E-state index contributed by atoms with van der Waals surface area (Å²) in [7, 11) is 0. The van der Waals surface area contributed by atoms with Crippen molar-refractivity contribution in [3.05, 3.63) is 29.3 Å². The lowest BCUT2D eigenvalue weighted by Gasteiger charge is -2.39. The Morgan fingerprint density at radius 2 is 1.67 bits per heavy atom. The predicted molar refractivity (Wildman–Crippen MR) is 111 cm³/mol. The van der Waals surface area contributed by atoms with Gasteiger partial charge in [0.05, 0.1) is 0 Å². The van der Waals surface area contributed by atoms with Crippen LogP contribution in [-0.4, -0.2) is 42.9 Å². The fourth-order valence-electron chi connectivity index (χ4n) is 3.87. The van der Waals surface area contributed by atoms with Crippen LogP contribution in [0.4, 0.5) is 5.69 Å². The van der Waals surface area contributed by atoms with E-state index in [1.54, 1.807) is 0 Å². The van der Waals surface area contributed by atoms with E-state index in [-0.39, 0.29) is 23.7 Å². The van der Waals surface area contributed by atoms with Crippen LogP contribution in [0.1, 0.15) is 40.0 Å². The summed E-state index contributed by atoms with van der Waals surface area (Å²) < 4.78 is 0. The molecule has 0 saturated carbocycles. The minimum atomic E-state index is -0.376. The number of hydrogen-bond acceptors (Lipinski definition) is 3. The molecule has 0 aromatic heterocycles. The van der Waals surface area contributed by atoms with Crippen LogP contribution >= 0.6 is 11.6 Å². The molecule has 150 valence electrons. The number of primary amides is 1. The summed E-state index contributed by atoms with van der Waals surface area (Å²) in [4.78, 5) is 29.4. The molecule has 1 aromatic rings. The van der Waals surface area contributed by atoms with Crippen molar-refractivity contribution in [2.24, 2.45) is 23.5 Å². The van der Waals surface area contributed by atoms with Crippen LogP contribution in [0.25, 0.3) is 0 Å². The Kier molecular flexibility index (Phi) is 7.96. The fourth-order valence-corrected chi connectivity index (χ4v) is 4.00. The monoisotopic (exact) mass is 393 g/mol. The number of hydrogen-bond donors (Lipinski definition) is 1. The molecule has 0 radical (unpaired) electrons. The minimum absolute atomic E-state index is 0.0803. The molecule has 2 N–H and O–H groups in total. The Morgan fingerprint density at radius 3 is 2.15 bits per heavy atom. The number of anilines is 1. The van der Waals surface area contributed by atoms with Crippen molar-refractivity contribution in [3.8, 4) is 0 Å². The van der Waals surface area contributed by atoms with E-state index in [2.05, 4.69) is 18.7 Å². The second-order valence-corrected chi connectivity index (χ2v) is 8.26. The van der Waals surface area contributed by atoms with Crippen molar-refractivity contribution in [1.82, 2.24) is 4.90 Å². The van der Waals surface area contributed by atoms with Crippen LogP contribution in [-0.2, 0) is 9.59 Å². The maximum absolute atomic E-state index is 13.2. The zero-order valence-electron chi connectivity index (χ0n) is 16.7. The summed E-state index contributed by atoms with van der Waals surface area (Å²) in [5, 5.41) is 0.720. The number of rotatable bonds is 8. The summed E-state index contributed by atoms with van der Waals surface area (Å²) in [5.41, 5.74) is 6.77. The lowest BCUT2D eigenvalue weighted by Crippen LogP contribution is -2.52. The molecule has 1 aliphatic rings. The first-order chi connectivity index (χ1) is 12.8. The molecule has 2 atom stereocenters. The summed E-state index contributed by atoms with van der Waals surface area (Å²) in [6, 6.07) is 7.78. The van der Waals surface area contributed by atoms with Crippen molar-refractivity contribution < 1.29 is 9.59 Å². The molecule has 6 heteroatoms. The van der Waals surface area contributed by atoms with Gasteiger partial charge in [0.2, 0.25) is 11.8 Å². The van der Waals surface area contributed by atoms with Crippen LogP contribution < -0.4 is 10.6 Å². The van der Waals surface area contributed by atoms with Crippen molar-refractivity contribution >= 4 is 29.1 Å². The number of piperazine rings is 1. The summed E-state index contributed by atoms with van der Waals surface area (Å²) in [6.07, 6.45) is 2.22. The highest BCUT2D eigenvalue weighted by molar-refractivity contribution is 6.30. The second kappa shape index (κ2) is 9.98. The summed E-state index contributed by atoms with van der Waals surface area (Å²) in [6.45, 7) is 9.07. The third kappa shape index (κ3) is 5.86. The van der Waals surface area contributed by atoms with Crippen LogP contribution in [0.2, 0.25) is 5.02 Å². The largest absolute Gasteiger partial charge is 0.369 e. The van der Waals surface area contributed by atoms with Crippen molar-refractivity contribution in [2.75, 3.05) is 31.1 Å². The standard InChI is InChI=1S/C21H32ClN3O2/c1-4-5-18(20(23)26)19(14-15(2)3)21(27)25-12-10-24(11-13-25)17-8-6-16(22)7-9-17/h6-9,15,18-19H,4-5,10-14H2,1-3H3,(H2,23,26)/t18-,19+/m0/s1. The first-order valence-corrected chi connectivity index (χ1v) is 10.3. The molecule has 0 bridgehead atoms. The highest BCUT2D eigenvalue weighted by Gasteiger charge is 2.35. The fraction of sp³-hybridized carbons (Fsp3) is 0.619. The van der Waals surface area contributed by atoms with Gasteiger partial charge in [-0.05, 0) is 43.0 Å². The lowest BCUT2D eigenvalue weighted by atomic mass is 9.81. The van der Waals surface area contributed by atoms with Gasteiger partial charge in [0.15, 0.2) is 0 Å². The summed E-state index contributed by atoms with van der Waals surface area (Å²) >= 11 is 5.96. The molecule has 1 aromatic carbocycles. The molecule has 27 heavy (non-hydrogen) atoms. The predicted octanol–water partition coefficient (Wildman–Crippen LogP) is 3.55. The average molecular weight is 394 g/mol. The molecule has 1 fully saturated rings. The average Bonchev–Trinajstić information content (AvgIpc) is 2.64. The van der Waals surface area contributed by atoms with Gasteiger partial charge in [-0.2, -0.15) is 0 Å². The normalized spacial score (nSPS) is 17.1. The van der Waals surface area contributed by atoms with Gasteiger partial charge in [-0.3, -0.25) is 9.59 Å². The van der Waals surface area contributed by atoms with Crippen LogP contribution in [0.5, 0.6) is 0 Å². The van der Waals surface area contributed by atoms with E-state index >= 15 is 0 Å². The van der Waals surface area contributed by atoms with Gasteiger partial charge in [-0.25, -0.2) is 0 Å². The number of carbonyl (C=O) groups excluding carboxylic acids is 2. The SMILES string of the molecule is CCC[C@H](C(N)=O)[C@@H](CC(C)C)C(=O)N1CCN(c2ccc(Cl)cc2)CC1. The van der Waals surface area contributed by atoms with Crippen LogP contribution in [0, 0.1) is 17.8 Å². The highest BCUT2D eigenvalue weighted by Crippen LogP contribution is 2.28. The number of amides is 2. The number of nitrogens with two attached hydrogens (primary N) is 1. The molecule has 0 spiro atoms. The van der Waals surface area contributed by atoms with E-state index in [0.29, 0.717) is 31.8 Å². The van der Waals surface area contributed by atoms with Gasteiger partial charge < -0.3 is 15.5 Å². The van der Waals surface area contributed by atoms with Gasteiger partial charge in [0.25, 0.3) is 0 Å². The maximum atomic E-state index is 13.2. The van der Waals surface area contributed by atoms with E-state index in [9.17, 15) is 9.59 Å². The number of carbonyl (C=O) groups is 2. The Bertz CT molecular complexity index is 625. The zero-order chi connectivity index (χ0) is 20.0. The van der Waals surface area contributed by atoms with Crippen molar-refractivity contribution in [3.63, 3.8) is 0 Å². The van der Waals surface area contributed by atoms with Gasteiger partial charge >= 0.3 is 0 Å². The number of benzene rings is 1. The second-order valence-electron chi connectivity index (χ2n) is 7.82. The Labute approximate surface area is 167 Å². The smallest absolute Gasteiger partial charge is 0.226 e. The van der Waals surface area contributed by atoms with E-state index < -0.39 is 0 Å². The molecule has 1 saturated heterocycles. The summed E-state index contributed by atoms with van der Waals surface area (Å²) in [5.74, 6) is -0.621. The Balaban J connectivity index is 2.05. The minimum Gasteiger partial charge on any atom is -0.369 e. The van der Waals surface area contributed by atoms with Gasteiger partial charge in [0, 0.05) is 48.7 Å². The third-order valence-corrected chi connectivity index (χ3v) is 5.53. The molecular formula is C21H32ClN3O2. The zero-order valence-corrected chi connectivity index (χ0v) is 17.4. The molecule has 5 nitrogen and oxygen atoms in total. The molecule has 0 aliphatic carbocycles. The van der Waals surface area contributed by atoms with Crippen molar-refractivity contribution in [1.29, 1.82) is 0 Å². The molecule has 0 unspecified atom stereocenters. The molecule has 1 aliphatic heterocycles. The van der Waals surface area contributed by atoms with Crippen LogP contribution in [0.3, 0.4) is 0 Å². The van der Waals surface area contributed by atoms with E-state index in [4.69, 9.17) is 17.3 Å². The molecule has 1 heterocycles. The van der Waals surface area contributed by atoms with Gasteiger partial charge in [-0.15, -0.1) is 0 Å². The number of halogens is 1. The number of nitrogens with zero attached hydrogens (tertiary/aromatic N) is 2. The molecule has 2 rings (SSSR count). The van der Waals surface area contributed by atoms with Crippen molar-refractivity contribution in [2.45, 2.75) is 40.0 Å². The van der Waals surface area contributed by atoms with E-state index in [0.717, 1.165) is 30.2 Å². The van der Waals surface area contributed by atoms with E-state index in [1.807, 2.05) is 36.1 Å². The third-order valence-electron chi connectivity index (χ3n) is 5.28. The lowest BCUT2D eigenvalue weighted by molar-refractivity contribution is -0.142. The maximum Gasteiger partial charge on any atom is 0.226 e. The topological polar surface area (TPSA) is 66.6 Å². The molecular weight excluding hydrogens is 362 g/mol. The Morgan fingerprint density at radius 1 is 1.07 bits per heavy atom. The Hall–Kier alpha value is -1.75. The van der Waals surface area contributed by atoms with Crippen LogP contribution in [0.15, 0.2) is 24.3 Å². The molecule has 2 amide bonds. The highest BCUT2D eigenvalue weighted by atomic mass is 35.5. The first-order valence-electron chi connectivity index (χ1n) is 9.92. The first kappa shape index (κ1) is 21.5. The van der Waals surface area contributed by atoms with Gasteiger partial charge in [0.1, 0.15) is 0 Å². The quantitative estimate of drug-likeness (QED) is 0.734.